The molecule has 15 heavy (non-hydrogen) atoms. The smallest absolute Gasteiger partial charge is 0.122 e. The van der Waals surface area contributed by atoms with E-state index in [-0.39, 0.29) is 11.9 Å². The summed E-state index contributed by atoms with van der Waals surface area (Å²) in [6.07, 6.45) is 0. The largest absolute Gasteiger partial charge is 0.494 e. The first-order chi connectivity index (χ1) is 7.15. The number of rotatable bonds is 5. The highest BCUT2D eigenvalue weighted by Gasteiger charge is 2.05. The highest BCUT2D eigenvalue weighted by atomic mass is 32.2. The molecule has 0 fully saturated rings. The highest BCUT2D eigenvalue weighted by Crippen LogP contribution is 2.29. The molecule has 1 unspecified atom stereocenters. The first kappa shape index (κ1) is 12.2. The van der Waals surface area contributed by atoms with Gasteiger partial charge in [0.2, 0.25) is 0 Å². The average molecular weight is 227 g/mol. The zero-order chi connectivity index (χ0) is 11.3. The molecule has 0 aliphatic carbocycles. The molecule has 84 valence electrons. The van der Waals surface area contributed by atoms with Crippen LogP contribution in [0.2, 0.25) is 0 Å². The zero-order valence-corrected chi connectivity index (χ0v) is 9.88. The second-order valence-corrected chi connectivity index (χ2v) is 4.79. The number of aliphatic hydroxyl groups is 1. The average Bonchev–Trinajstić information content (AvgIpc) is 2.17. The van der Waals surface area contributed by atoms with Crippen molar-refractivity contribution in [2.45, 2.75) is 24.0 Å². The minimum Gasteiger partial charge on any atom is -0.494 e. The summed E-state index contributed by atoms with van der Waals surface area (Å²) in [5.41, 5.74) is 6.44. The van der Waals surface area contributed by atoms with Crippen molar-refractivity contribution >= 4 is 17.4 Å². The van der Waals surface area contributed by atoms with Crippen LogP contribution in [0.1, 0.15) is 13.8 Å². The molecule has 0 saturated heterocycles. The van der Waals surface area contributed by atoms with E-state index in [0.717, 1.165) is 10.6 Å². The topological polar surface area (TPSA) is 55.5 Å². The minimum atomic E-state index is 0.156. The molecule has 1 aromatic rings. The van der Waals surface area contributed by atoms with Gasteiger partial charge in [0.05, 0.1) is 13.2 Å². The predicted molar refractivity (Wildman–Crippen MR) is 64.4 cm³/mol. The van der Waals surface area contributed by atoms with E-state index in [2.05, 4.69) is 0 Å². The van der Waals surface area contributed by atoms with Crippen LogP contribution in [0.4, 0.5) is 5.69 Å². The third kappa shape index (κ3) is 4.01. The predicted octanol–water partition coefficient (Wildman–Crippen LogP) is 2.14. The van der Waals surface area contributed by atoms with Gasteiger partial charge in [0.1, 0.15) is 5.75 Å². The summed E-state index contributed by atoms with van der Waals surface area (Å²) in [6.45, 7) is 4.69. The fourth-order valence-corrected chi connectivity index (χ4v) is 2.11. The third-order valence-electron chi connectivity index (χ3n) is 1.81. The number of thioether (sulfide) groups is 1. The van der Waals surface area contributed by atoms with E-state index < -0.39 is 0 Å². The SMILES string of the molecule is CCOc1cc(N)cc(SC(C)CO)c1. The van der Waals surface area contributed by atoms with E-state index in [1.807, 2.05) is 26.0 Å². The maximum absolute atomic E-state index is 8.95. The van der Waals surface area contributed by atoms with Gasteiger partial charge in [-0.15, -0.1) is 11.8 Å². The van der Waals surface area contributed by atoms with E-state index in [0.29, 0.717) is 12.3 Å². The van der Waals surface area contributed by atoms with Gasteiger partial charge in [-0.2, -0.15) is 0 Å². The van der Waals surface area contributed by atoms with Gasteiger partial charge in [0.25, 0.3) is 0 Å². The first-order valence-corrected chi connectivity index (χ1v) is 5.84. The van der Waals surface area contributed by atoms with Crippen LogP contribution in [0.5, 0.6) is 5.75 Å². The normalized spacial score (nSPS) is 12.5. The standard InChI is InChI=1S/C11H17NO2S/c1-3-14-10-4-9(12)5-11(6-10)15-8(2)7-13/h4-6,8,13H,3,7,12H2,1-2H3. The molecule has 3 N–H and O–H groups in total. The number of benzene rings is 1. The van der Waals surface area contributed by atoms with Crippen LogP contribution in [0.25, 0.3) is 0 Å². The Hall–Kier alpha value is -0.870. The Morgan fingerprint density at radius 3 is 2.80 bits per heavy atom. The lowest BCUT2D eigenvalue weighted by molar-refractivity contribution is 0.300. The lowest BCUT2D eigenvalue weighted by Crippen LogP contribution is -2.02. The van der Waals surface area contributed by atoms with Crippen molar-refractivity contribution in [3.63, 3.8) is 0 Å². The second kappa shape index (κ2) is 5.88. The molecule has 0 bridgehead atoms. The molecule has 0 aliphatic rings. The van der Waals surface area contributed by atoms with Crippen molar-refractivity contribution in [2.75, 3.05) is 18.9 Å². The van der Waals surface area contributed by atoms with Crippen LogP contribution in [-0.2, 0) is 0 Å². The van der Waals surface area contributed by atoms with Gasteiger partial charge >= 0.3 is 0 Å². The molecule has 0 amide bonds. The highest BCUT2D eigenvalue weighted by molar-refractivity contribution is 8.00. The molecule has 0 saturated carbocycles. The number of anilines is 1. The lowest BCUT2D eigenvalue weighted by atomic mass is 10.3. The van der Waals surface area contributed by atoms with Gasteiger partial charge in [-0.05, 0) is 19.1 Å². The molecule has 3 nitrogen and oxygen atoms in total. The molecule has 1 rings (SSSR count). The van der Waals surface area contributed by atoms with Crippen molar-refractivity contribution in [2.24, 2.45) is 0 Å². The molecule has 0 spiro atoms. The van der Waals surface area contributed by atoms with Crippen LogP contribution in [0, 0.1) is 0 Å². The van der Waals surface area contributed by atoms with Crippen molar-refractivity contribution in [3.8, 4) is 5.75 Å². The van der Waals surface area contributed by atoms with E-state index >= 15 is 0 Å². The van der Waals surface area contributed by atoms with E-state index in [9.17, 15) is 0 Å². The fraction of sp³-hybridized carbons (Fsp3) is 0.455. The van der Waals surface area contributed by atoms with E-state index in [1.54, 1.807) is 17.8 Å². The quantitative estimate of drug-likeness (QED) is 0.597. The van der Waals surface area contributed by atoms with E-state index in [1.165, 1.54) is 0 Å². The molecule has 0 heterocycles. The monoisotopic (exact) mass is 227 g/mol. The Balaban J connectivity index is 2.78. The number of ether oxygens (including phenoxy) is 1. The molecule has 0 radical (unpaired) electrons. The Morgan fingerprint density at radius 1 is 1.47 bits per heavy atom. The van der Waals surface area contributed by atoms with Crippen molar-refractivity contribution in [1.82, 2.24) is 0 Å². The molecule has 1 aromatic carbocycles. The van der Waals surface area contributed by atoms with Crippen molar-refractivity contribution < 1.29 is 9.84 Å². The Bertz CT molecular complexity index is 317. The van der Waals surface area contributed by atoms with Gasteiger partial charge in [-0.25, -0.2) is 0 Å². The molecule has 4 heteroatoms. The van der Waals surface area contributed by atoms with Gasteiger partial charge in [-0.1, -0.05) is 6.92 Å². The Morgan fingerprint density at radius 2 is 2.20 bits per heavy atom. The Kier molecular flexibility index (Phi) is 4.78. The molecule has 0 aliphatic heterocycles. The van der Waals surface area contributed by atoms with Gasteiger partial charge in [0, 0.05) is 21.9 Å². The van der Waals surface area contributed by atoms with E-state index in [4.69, 9.17) is 15.6 Å². The van der Waals surface area contributed by atoms with Gasteiger partial charge in [-0.3, -0.25) is 0 Å². The number of hydrogen-bond acceptors (Lipinski definition) is 4. The summed E-state index contributed by atoms with van der Waals surface area (Å²) in [7, 11) is 0. The second-order valence-electron chi connectivity index (χ2n) is 3.28. The lowest BCUT2D eigenvalue weighted by Gasteiger charge is -2.10. The third-order valence-corrected chi connectivity index (χ3v) is 2.87. The molecular weight excluding hydrogens is 210 g/mol. The van der Waals surface area contributed by atoms with Crippen LogP contribution in [0.3, 0.4) is 0 Å². The minimum absolute atomic E-state index is 0.156. The van der Waals surface area contributed by atoms with Gasteiger partial charge < -0.3 is 15.6 Å². The van der Waals surface area contributed by atoms with Gasteiger partial charge in [0.15, 0.2) is 0 Å². The summed E-state index contributed by atoms with van der Waals surface area (Å²) in [6, 6.07) is 5.63. The molecular formula is C11H17NO2S. The van der Waals surface area contributed by atoms with Crippen LogP contribution in [0.15, 0.2) is 23.1 Å². The Labute approximate surface area is 94.6 Å². The summed E-state index contributed by atoms with van der Waals surface area (Å²) in [5, 5.41) is 9.12. The fourth-order valence-electron chi connectivity index (χ4n) is 1.18. The zero-order valence-electron chi connectivity index (χ0n) is 9.06. The number of nitrogen functional groups attached to an aromatic ring is 1. The summed E-state index contributed by atoms with van der Waals surface area (Å²) < 4.78 is 5.39. The number of aliphatic hydroxyl groups excluding tert-OH is 1. The summed E-state index contributed by atoms with van der Waals surface area (Å²) in [5.74, 6) is 0.783. The van der Waals surface area contributed by atoms with Crippen LogP contribution >= 0.6 is 11.8 Å². The molecule has 1 atom stereocenters. The van der Waals surface area contributed by atoms with Crippen LogP contribution in [-0.4, -0.2) is 23.6 Å². The maximum atomic E-state index is 8.95. The number of nitrogens with two attached hydrogens (primary N) is 1. The maximum Gasteiger partial charge on any atom is 0.122 e. The van der Waals surface area contributed by atoms with Crippen molar-refractivity contribution in [3.05, 3.63) is 18.2 Å². The van der Waals surface area contributed by atoms with Crippen LogP contribution < -0.4 is 10.5 Å². The summed E-state index contributed by atoms with van der Waals surface area (Å²) in [4.78, 5) is 1.03. The summed E-state index contributed by atoms with van der Waals surface area (Å²) >= 11 is 1.59. The van der Waals surface area contributed by atoms with Crippen molar-refractivity contribution in [1.29, 1.82) is 0 Å². The number of hydrogen-bond donors (Lipinski definition) is 2. The molecule has 0 aromatic heterocycles. The first-order valence-electron chi connectivity index (χ1n) is 4.96.